The summed E-state index contributed by atoms with van der Waals surface area (Å²) in [7, 11) is 3.27. The standard InChI is InChI=1S/C10H15NO2/c1-8-6-10(13-3)5-4-9(8)7-11(2)12/h4-6,12H,7H2,1-3H3. The average Bonchev–Trinajstić information content (AvgIpc) is 2.08. The van der Waals surface area contributed by atoms with Gasteiger partial charge in [-0.1, -0.05) is 6.07 Å². The van der Waals surface area contributed by atoms with Crippen LogP contribution in [0.5, 0.6) is 5.75 Å². The number of nitrogens with zero attached hydrogens (tertiary/aromatic N) is 1. The quantitative estimate of drug-likeness (QED) is 0.722. The van der Waals surface area contributed by atoms with Crippen molar-refractivity contribution in [3.05, 3.63) is 29.3 Å². The number of rotatable bonds is 3. The molecular formula is C10H15NO2. The van der Waals surface area contributed by atoms with E-state index in [9.17, 15) is 0 Å². The van der Waals surface area contributed by atoms with Crippen molar-refractivity contribution >= 4 is 0 Å². The predicted molar refractivity (Wildman–Crippen MR) is 51.0 cm³/mol. The fourth-order valence-electron chi connectivity index (χ4n) is 1.22. The zero-order chi connectivity index (χ0) is 9.84. The molecule has 1 N–H and O–H groups in total. The number of benzene rings is 1. The summed E-state index contributed by atoms with van der Waals surface area (Å²) in [4.78, 5) is 0. The minimum absolute atomic E-state index is 0.538. The summed E-state index contributed by atoms with van der Waals surface area (Å²) in [6.45, 7) is 2.54. The zero-order valence-electron chi connectivity index (χ0n) is 8.24. The van der Waals surface area contributed by atoms with Crippen molar-refractivity contribution in [2.45, 2.75) is 13.5 Å². The van der Waals surface area contributed by atoms with Gasteiger partial charge in [-0.25, -0.2) is 0 Å². The molecule has 0 fully saturated rings. The summed E-state index contributed by atoms with van der Waals surface area (Å²) in [6.07, 6.45) is 0. The lowest BCUT2D eigenvalue weighted by Gasteiger charge is -2.11. The molecule has 0 saturated carbocycles. The van der Waals surface area contributed by atoms with Crippen molar-refractivity contribution in [2.75, 3.05) is 14.2 Å². The summed E-state index contributed by atoms with van der Waals surface area (Å²) < 4.78 is 5.08. The van der Waals surface area contributed by atoms with Gasteiger partial charge in [0.2, 0.25) is 0 Å². The Kier molecular flexibility index (Phi) is 3.28. The van der Waals surface area contributed by atoms with Gasteiger partial charge in [0, 0.05) is 13.6 Å². The maximum atomic E-state index is 9.06. The molecule has 3 heteroatoms. The van der Waals surface area contributed by atoms with Gasteiger partial charge >= 0.3 is 0 Å². The second kappa shape index (κ2) is 4.25. The van der Waals surface area contributed by atoms with Crippen LogP contribution in [-0.4, -0.2) is 24.4 Å². The van der Waals surface area contributed by atoms with E-state index in [-0.39, 0.29) is 0 Å². The van der Waals surface area contributed by atoms with Gasteiger partial charge in [0.05, 0.1) is 7.11 Å². The van der Waals surface area contributed by atoms with Crippen LogP contribution < -0.4 is 4.74 Å². The molecule has 0 aliphatic heterocycles. The third-order valence-corrected chi connectivity index (χ3v) is 1.95. The van der Waals surface area contributed by atoms with Crippen LogP contribution in [0, 0.1) is 6.92 Å². The highest BCUT2D eigenvalue weighted by molar-refractivity contribution is 5.34. The molecule has 0 spiro atoms. The van der Waals surface area contributed by atoms with Crippen LogP contribution in [0.15, 0.2) is 18.2 Å². The van der Waals surface area contributed by atoms with Crippen molar-refractivity contribution < 1.29 is 9.94 Å². The lowest BCUT2D eigenvalue weighted by Crippen LogP contribution is -2.12. The third-order valence-electron chi connectivity index (χ3n) is 1.95. The Morgan fingerprint density at radius 3 is 2.62 bits per heavy atom. The predicted octanol–water partition coefficient (Wildman–Crippen LogP) is 1.82. The number of hydrogen-bond donors (Lipinski definition) is 1. The van der Waals surface area contributed by atoms with E-state index in [0.717, 1.165) is 21.9 Å². The summed E-state index contributed by atoms with van der Waals surface area (Å²) in [5, 5.41) is 10.2. The van der Waals surface area contributed by atoms with Crippen molar-refractivity contribution in [3.8, 4) is 5.75 Å². The molecule has 0 atom stereocenters. The molecule has 0 aliphatic rings. The molecule has 3 nitrogen and oxygen atoms in total. The van der Waals surface area contributed by atoms with E-state index in [4.69, 9.17) is 9.94 Å². The minimum atomic E-state index is 0.538. The Hall–Kier alpha value is -1.06. The molecule has 0 heterocycles. The van der Waals surface area contributed by atoms with E-state index in [1.165, 1.54) is 0 Å². The van der Waals surface area contributed by atoms with Gasteiger partial charge in [-0.2, -0.15) is 5.06 Å². The van der Waals surface area contributed by atoms with E-state index >= 15 is 0 Å². The molecule has 0 saturated heterocycles. The molecule has 0 unspecified atom stereocenters. The van der Waals surface area contributed by atoms with Crippen LogP contribution in [0.25, 0.3) is 0 Å². The van der Waals surface area contributed by atoms with Gasteiger partial charge in [-0.15, -0.1) is 0 Å². The second-order valence-corrected chi connectivity index (χ2v) is 3.11. The van der Waals surface area contributed by atoms with Crippen LogP contribution in [0.2, 0.25) is 0 Å². The summed E-state index contributed by atoms with van der Waals surface area (Å²) in [6, 6.07) is 5.81. The Morgan fingerprint density at radius 1 is 1.46 bits per heavy atom. The molecule has 13 heavy (non-hydrogen) atoms. The molecular weight excluding hydrogens is 166 g/mol. The maximum absolute atomic E-state index is 9.06. The minimum Gasteiger partial charge on any atom is -0.497 e. The number of hydrogen-bond acceptors (Lipinski definition) is 3. The van der Waals surface area contributed by atoms with Gasteiger partial charge in [0.25, 0.3) is 0 Å². The molecule has 1 aromatic carbocycles. The van der Waals surface area contributed by atoms with Crippen molar-refractivity contribution in [1.29, 1.82) is 0 Å². The highest BCUT2D eigenvalue weighted by Gasteiger charge is 2.01. The van der Waals surface area contributed by atoms with Crippen LogP contribution in [0.1, 0.15) is 11.1 Å². The van der Waals surface area contributed by atoms with Crippen LogP contribution in [0.4, 0.5) is 0 Å². The molecule has 0 radical (unpaired) electrons. The van der Waals surface area contributed by atoms with Crippen molar-refractivity contribution in [2.24, 2.45) is 0 Å². The zero-order valence-corrected chi connectivity index (χ0v) is 8.24. The van der Waals surface area contributed by atoms with Gasteiger partial charge in [-0.05, 0) is 30.2 Å². The van der Waals surface area contributed by atoms with E-state index in [1.807, 2.05) is 25.1 Å². The summed E-state index contributed by atoms with van der Waals surface area (Å²) in [5.74, 6) is 0.849. The maximum Gasteiger partial charge on any atom is 0.119 e. The molecule has 1 rings (SSSR count). The number of aryl methyl sites for hydroxylation is 1. The Morgan fingerprint density at radius 2 is 2.15 bits per heavy atom. The Bertz CT molecular complexity index is 284. The van der Waals surface area contributed by atoms with Crippen LogP contribution in [0.3, 0.4) is 0 Å². The van der Waals surface area contributed by atoms with Crippen molar-refractivity contribution in [1.82, 2.24) is 5.06 Å². The first-order chi connectivity index (χ1) is 6.13. The summed E-state index contributed by atoms with van der Waals surface area (Å²) >= 11 is 0. The first-order valence-corrected chi connectivity index (χ1v) is 4.17. The SMILES string of the molecule is COc1ccc(CN(C)O)c(C)c1. The van der Waals surface area contributed by atoms with Gasteiger partial charge < -0.3 is 9.94 Å². The van der Waals surface area contributed by atoms with E-state index in [2.05, 4.69) is 0 Å². The number of methoxy groups -OCH3 is 1. The Balaban J connectivity index is 2.85. The van der Waals surface area contributed by atoms with Crippen LogP contribution in [-0.2, 0) is 6.54 Å². The van der Waals surface area contributed by atoms with Crippen LogP contribution >= 0.6 is 0 Å². The normalized spacial score (nSPS) is 10.5. The smallest absolute Gasteiger partial charge is 0.119 e. The van der Waals surface area contributed by atoms with E-state index in [1.54, 1.807) is 14.2 Å². The molecule has 0 amide bonds. The molecule has 0 bridgehead atoms. The lowest BCUT2D eigenvalue weighted by atomic mass is 10.1. The monoisotopic (exact) mass is 181 g/mol. The average molecular weight is 181 g/mol. The first kappa shape index (κ1) is 10.0. The lowest BCUT2D eigenvalue weighted by molar-refractivity contribution is -0.0732. The molecule has 72 valence electrons. The highest BCUT2D eigenvalue weighted by atomic mass is 16.5. The fourth-order valence-corrected chi connectivity index (χ4v) is 1.22. The van der Waals surface area contributed by atoms with Gasteiger partial charge in [0.15, 0.2) is 0 Å². The topological polar surface area (TPSA) is 32.7 Å². The summed E-state index contributed by atoms with van der Waals surface area (Å²) in [5.41, 5.74) is 2.23. The third kappa shape index (κ3) is 2.72. The second-order valence-electron chi connectivity index (χ2n) is 3.11. The van der Waals surface area contributed by atoms with Gasteiger partial charge in [0.1, 0.15) is 5.75 Å². The van der Waals surface area contributed by atoms with Gasteiger partial charge in [-0.3, -0.25) is 0 Å². The largest absolute Gasteiger partial charge is 0.497 e. The van der Waals surface area contributed by atoms with Crippen molar-refractivity contribution in [3.63, 3.8) is 0 Å². The fraction of sp³-hybridized carbons (Fsp3) is 0.400. The van der Waals surface area contributed by atoms with E-state index < -0.39 is 0 Å². The molecule has 0 aromatic heterocycles. The highest BCUT2D eigenvalue weighted by Crippen LogP contribution is 2.17. The Labute approximate surface area is 78.5 Å². The number of hydroxylamine groups is 2. The first-order valence-electron chi connectivity index (χ1n) is 4.17. The molecule has 1 aromatic rings. The van der Waals surface area contributed by atoms with E-state index in [0.29, 0.717) is 6.54 Å². The molecule has 0 aliphatic carbocycles. The number of ether oxygens (including phenoxy) is 1.